The normalized spacial score (nSPS) is 15.8. The van der Waals surface area contributed by atoms with Crippen LogP contribution in [-0.2, 0) is 16.2 Å². The van der Waals surface area contributed by atoms with Crippen molar-refractivity contribution < 1.29 is 0 Å². The van der Waals surface area contributed by atoms with Gasteiger partial charge in [-0.2, -0.15) is 0 Å². The third kappa shape index (κ3) is 2.75. The summed E-state index contributed by atoms with van der Waals surface area (Å²) in [5.74, 6) is 0. The van der Waals surface area contributed by atoms with Gasteiger partial charge in [-0.1, -0.05) is 91.8 Å². The Hall–Kier alpha value is -1.56. The highest BCUT2D eigenvalue weighted by Crippen LogP contribution is 2.54. The van der Waals surface area contributed by atoms with Crippen LogP contribution in [-0.4, -0.2) is 0 Å². The van der Waals surface area contributed by atoms with Gasteiger partial charge in [0.15, 0.2) is 0 Å². The van der Waals surface area contributed by atoms with Crippen molar-refractivity contribution in [3.8, 4) is 11.1 Å². The lowest BCUT2D eigenvalue weighted by Crippen LogP contribution is -2.25. The molecule has 0 N–H and O–H groups in total. The topological polar surface area (TPSA) is 0 Å². The van der Waals surface area contributed by atoms with Crippen molar-refractivity contribution in [3.05, 3.63) is 58.7 Å². The maximum absolute atomic E-state index is 2.50. The van der Waals surface area contributed by atoms with Gasteiger partial charge in [-0.15, -0.1) is 0 Å². The Kier molecular flexibility index (Phi) is 4.18. The third-order valence-corrected chi connectivity index (χ3v) is 6.30. The average molecular weight is 335 g/mol. The molecule has 3 rings (SSSR count). The summed E-state index contributed by atoms with van der Waals surface area (Å²) in [7, 11) is 0. The van der Waals surface area contributed by atoms with Gasteiger partial charge >= 0.3 is 0 Å². The first-order valence-corrected chi connectivity index (χ1v) is 9.85. The van der Waals surface area contributed by atoms with E-state index in [4.69, 9.17) is 0 Å². The van der Waals surface area contributed by atoms with E-state index in [0.717, 1.165) is 12.8 Å². The highest BCUT2D eigenvalue weighted by Gasteiger charge is 2.41. The molecule has 0 bridgehead atoms. The number of hydrogen-bond donors (Lipinski definition) is 0. The smallest absolute Gasteiger partial charge is 0.0210 e. The Morgan fingerprint density at radius 1 is 0.640 bits per heavy atom. The van der Waals surface area contributed by atoms with E-state index in [9.17, 15) is 0 Å². The molecule has 0 unspecified atom stereocenters. The Balaban J connectivity index is 2.29. The second-order valence-corrected chi connectivity index (χ2v) is 9.81. The van der Waals surface area contributed by atoms with Crippen molar-refractivity contribution in [2.45, 2.75) is 84.5 Å². The molecule has 0 saturated heterocycles. The zero-order valence-electron chi connectivity index (χ0n) is 17.4. The molecule has 25 heavy (non-hydrogen) atoms. The molecule has 0 saturated carbocycles. The van der Waals surface area contributed by atoms with Gasteiger partial charge < -0.3 is 0 Å². The Bertz CT molecular complexity index is 724. The Morgan fingerprint density at radius 2 is 1.00 bits per heavy atom. The van der Waals surface area contributed by atoms with Crippen LogP contribution in [0.4, 0.5) is 0 Å². The van der Waals surface area contributed by atoms with Crippen molar-refractivity contribution in [2.75, 3.05) is 0 Å². The number of fused-ring (bicyclic) bond motifs is 3. The monoisotopic (exact) mass is 334 g/mol. The summed E-state index contributed by atoms with van der Waals surface area (Å²) < 4.78 is 0. The third-order valence-electron chi connectivity index (χ3n) is 6.30. The van der Waals surface area contributed by atoms with Gasteiger partial charge in [-0.05, 0) is 57.1 Å². The van der Waals surface area contributed by atoms with Crippen LogP contribution in [0.15, 0.2) is 36.4 Å². The molecular formula is C25H34. The lowest BCUT2D eigenvalue weighted by molar-refractivity contribution is 0.485. The van der Waals surface area contributed by atoms with Crippen LogP contribution in [0.25, 0.3) is 11.1 Å². The highest BCUT2D eigenvalue weighted by atomic mass is 14.4. The van der Waals surface area contributed by atoms with Crippen molar-refractivity contribution in [3.63, 3.8) is 0 Å². The van der Waals surface area contributed by atoms with Crippen molar-refractivity contribution in [1.82, 2.24) is 0 Å². The fourth-order valence-electron chi connectivity index (χ4n) is 4.44. The average Bonchev–Trinajstić information content (AvgIpc) is 2.82. The molecule has 0 amide bonds. The molecule has 0 aromatic heterocycles. The quantitative estimate of drug-likeness (QED) is 0.538. The first kappa shape index (κ1) is 18.2. The molecule has 0 atom stereocenters. The van der Waals surface area contributed by atoms with E-state index in [1.807, 2.05) is 0 Å². The van der Waals surface area contributed by atoms with E-state index in [0.29, 0.717) is 0 Å². The minimum absolute atomic E-state index is 0.160. The molecule has 0 fully saturated rings. The summed E-state index contributed by atoms with van der Waals surface area (Å²) in [6.07, 6.45) is 2.31. The van der Waals surface area contributed by atoms with E-state index in [1.54, 1.807) is 11.1 Å². The lowest BCUT2D eigenvalue weighted by atomic mass is 9.71. The van der Waals surface area contributed by atoms with Crippen LogP contribution in [0.1, 0.15) is 90.5 Å². The standard InChI is InChI=1S/C25H34/c1-9-25(10-2)21-15-17(23(3,4)5)11-13-19(21)20-14-12-18(16-22(20)25)24(6,7)8/h11-16H,9-10H2,1-8H3. The van der Waals surface area contributed by atoms with Gasteiger partial charge in [0, 0.05) is 5.41 Å². The number of benzene rings is 2. The zero-order chi connectivity index (χ0) is 18.6. The molecule has 2 aromatic carbocycles. The molecule has 0 radical (unpaired) electrons. The van der Waals surface area contributed by atoms with E-state index in [-0.39, 0.29) is 16.2 Å². The second-order valence-electron chi connectivity index (χ2n) is 9.81. The molecule has 134 valence electrons. The zero-order valence-corrected chi connectivity index (χ0v) is 17.4. The largest absolute Gasteiger partial charge is 0.0642 e. The van der Waals surface area contributed by atoms with Crippen LogP contribution in [0.5, 0.6) is 0 Å². The van der Waals surface area contributed by atoms with Gasteiger partial charge in [0.2, 0.25) is 0 Å². The van der Waals surface area contributed by atoms with Gasteiger partial charge in [-0.25, -0.2) is 0 Å². The maximum Gasteiger partial charge on any atom is 0.0210 e. The first-order chi connectivity index (χ1) is 11.5. The van der Waals surface area contributed by atoms with Crippen LogP contribution in [0, 0.1) is 0 Å². The minimum atomic E-state index is 0.160. The maximum atomic E-state index is 2.50. The van der Waals surface area contributed by atoms with Crippen molar-refractivity contribution >= 4 is 0 Å². The van der Waals surface area contributed by atoms with Crippen LogP contribution in [0.3, 0.4) is 0 Å². The van der Waals surface area contributed by atoms with Gasteiger partial charge in [0.1, 0.15) is 0 Å². The fourth-order valence-corrected chi connectivity index (χ4v) is 4.44. The summed E-state index contributed by atoms with van der Waals surface area (Å²) in [5.41, 5.74) is 9.42. The van der Waals surface area contributed by atoms with Crippen LogP contribution < -0.4 is 0 Å². The van der Waals surface area contributed by atoms with Gasteiger partial charge in [-0.3, -0.25) is 0 Å². The van der Waals surface area contributed by atoms with E-state index < -0.39 is 0 Å². The molecule has 0 heterocycles. The number of rotatable bonds is 2. The molecule has 0 heteroatoms. The molecule has 0 nitrogen and oxygen atoms in total. The first-order valence-electron chi connectivity index (χ1n) is 9.85. The molecule has 1 aliphatic rings. The summed E-state index contributed by atoms with van der Waals surface area (Å²) >= 11 is 0. The summed E-state index contributed by atoms with van der Waals surface area (Å²) in [6.45, 7) is 18.6. The van der Waals surface area contributed by atoms with Crippen molar-refractivity contribution in [1.29, 1.82) is 0 Å². The Morgan fingerprint density at radius 3 is 1.28 bits per heavy atom. The SMILES string of the molecule is CCC1(CC)c2cc(C(C)(C)C)ccc2-c2ccc(C(C)(C)C)cc21. The van der Waals surface area contributed by atoms with E-state index in [1.165, 1.54) is 22.3 Å². The second kappa shape index (κ2) is 5.73. The fraction of sp³-hybridized carbons (Fsp3) is 0.520. The minimum Gasteiger partial charge on any atom is -0.0642 e. The summed E-state index contributed by atoms with van der Waals surface area (Å²) in [5, 5.41) is 0. The summed E-state index contributed by atoms with van der Waals surface area (Å²) in [4.78, 5) is 0. The van der Waals surface area contributed by atoms with Crippen LogP contribution >= 0.6 is 0 Å². The van der Waals surface area contributed by atoms with Crippen LogP contribution in [0.2, 0.25) is 0 Å². The van der Waals surface area contributed by atoms with E-state index in [2.05, 4.69) is 91.8 Å². The molecular weight excluding hydrogens is 300 g/mol. The Labute approximate surface area is 154 Å². The van der Waals surface area contributed by atoms with Gasteiger partial charge in [0.25, 0.3) is 0 Å². The molecule has 1 aliphatic carbocycles. The predicted octanol–water partition coefficient (Wildman–Crippen LogP) is 7.37. The van der Waals surface area contributed by atoms with E-state index >= 15 is 0 Å². The number of hydrogen-bond acceptors (Lipinski definition) is 0. The summed E-state index contributed by atoms with van der Waals surface area (Å²) in [6, 6.07) is 14.4. The molecule has 0 spiro atoms. The molecule has 0 aliphatic heterocycles. The highest BCUT2D eigenvalue weighted by molar-refractivity contribution is 5.82. The lowest BCUT2D eigenvalue weighted by Gasteiger charge is -2.32. The van der Waals surface area contributed by atoms with Crippen molar-refractivity contribution in [2.24, 2.45) is 0 Å². The van der Waals surface area contributed by atoms with Gasteiger partial charge in [0.05, 0.1) is 0 Å². The molecule has 2 aromatic rings. The predicted molar refractivity (Wildman–Crippen MR) is 111 cm³/mol.